The summed E-state index contributed by atoms with van der Waals surface area (Å²) in [5.41, 5.74) is -0.0777. The van der Waals surface area contributed by atoms with Crippen molar-refractivity contribution in [1.29, 1.82) is 0 Å². The maximum Gasteiger partial charge on any atom is 0.228 e. The van der Waals surface area contributed by atoms with Gasteiger partial charge in [-0.2, -0.15) is 0 Å². The molecule has 2 aliphatic rings. The van der Waals surface area contributed by atoms with Crippen LogP contribution in [0, 0.1) is 5.41 Å². The molecule has 1 N–H and O–H groups in total. The van der Waals surface area contributed by atoms with Crippen LogP contribution in [0.1, 0.15) is 58.8 Å². The molecule has 3 heteroatoms. The summed E-state index contributed by atoms with van der Waals surface area (Å²) in [7, 11) is 0. The lowest BCUT2D eigenvalue weighted by atomic mass is 9.74. The molecule has 1 saturated carbocycles. The number of rotatable bonds is 3. The summed E-state index contributed by atoms with van der Waals surface area (Å²) in [5, 5.41) is 3.43. The molecule has 1 atom stereocenters. The molecular weight excluding hydrogens is 224 g/mol. The highest BCUT2D eigenvalue weighted by Crippen LogP contribution is 2.38. The van der Waals surface area contributed by atoms with Gasteiger partial charge in [0, 0.05) is 24.5 Å². The highest BCUT2D eigenvalue weighted by molar-refractivity contribution is 5.82. The number of likely N-dealkylation sites (N-methyl/N-ethyl adjacent to an activating group) is 1. The first-order chi connectivity index (χ1) is 8.67. The predicted molar refractivity (Wildman–Crippen MR) is 74.5 cm³/mol. The zero-order chi connectivity index (χ0) is 13.0. The molecule has 1 saturated heterocycles. The van der Waals surface area contributed by atoms with Crippen LogP contribution in [0.3, 0.4) is 0 Å². The molecule has 0 aromatic heterocycles. The first-order valence-electron chi connectivity index (χ1n) is 7.69. The van der Waals surface area contributed by atoms with Crippen LogP contribution in [0.15, 0.2) is 0 Å². The summed E-state index contributed by atoms with van der Waals surface area (Å²) in [6, 6.07) is 0.426. The Morgan fingerprint density at radius 1 is 1.28 bits per heavy atom. The summed E-state index contributed by atoms with van der Waals surface area (Å²) < 4.78 is 0. The van der Waals surface area contributed by atoms with Crippen molar-refractivity contribution < 1.29 is 4.79 Å². The Bertz CT molecular complexity index is 278. The summed E-state index contributed by atoms with van der Waals surface area (Å²) in [6.45, 7) is 7.27. The third-order valence-electron chi connectivity index (χ3n) is 4.79. The van der Waals surface area contributed by atoms with E-state index in [0.29, 0.717) is 11.9 Å². The zero-order valence-corrected chi connectivity index (χ0v) is 12.0. The Labute approximate surface area is 111 Å². The van der Waals surface area contributed by atoms with E-state index < -0.39 is 0 Å². The predicted octanol–water partition coefficient (Wildman–Crippen LogP) is 2.56. The number of carbonyl (C=O) groups excluding carboxylic acids is 1. The van der Waals surface area contributed by atoms with Crippen LogP contribution in [0.2, 0.25) is 0 Å². The maximum atomic E-state index is 12.8. The van der Waals surface area contributed by atoms with Gasteiger partial charge in [0.05, 0.1) is 0 Å². The van der Waals surface area contributed by atoms with Crippen LogP contribution in [0.5, 0.6) is 0 Å². The van der Waals surface area contributed by atoms with E-state index in [-0.39, 0.29) is 5.41 Å². The second-order valence-corrected chi connectivity index (χ2v) is 6.21. The lowest BCUT2D eigenvalue weighted by Gasteiger charge is -2.41. The van der Waals surface area contributed by atoms with Gasteiger partial charge in [-0.05, 0) is 39.2 Å². The van der Waals surface area contributed by atoms with Gasteiger partial charge >= 0.3 is 0 Å². The molecule has 0 aromatic rings. The Kier molecular flexibility index (Phi) is 4.66. The highest BCUT2D eigenvalue weighted by Gasteiger charge is 2.39. The Morgan fingerprint density at radius 2 is 2.00 bits per heavy atom. The Balaban J connectivity index is 2.03. The minimum atomic E-state index is -0.0777. The van der Waals surface area contributed by atoms with E-state index in [2.05, 4.69) is 24.1 Å². The lowest BCUT2D eigenvalue weighted by molar-refractivity contribution is -0.145. The molecule has 18 heavy (non-hydrogen) atoms. The van der Waals surface area contributed by atoms with Crippen LogP contribution in [0.25, 0.3) is 0 Å². The van der Waals surface area contributed by atoms with Gasteiger partial charge in [-0.15, -0.1) is 0 Å². The topological polar surface area (TPSA) is 32.3 Å². The van der Waals surface area contributed by atoms with Crippen molar-refractivity contribution in [1.82, 2.24) is 10.2 Å². The van der Waals surface area contributed by atoms with E-state index >= 15 is 0 Å². The number of hydrogen-bond acceptors (Lipinski definition) is 2. The maximum absolute atomic E-state index is 12.8. The van der Waals surface area contributed by atoms with E-state index in [1.54, 1.807) is 0 Å². The molecule has 2 fully saturated rings. The smallest absolute Gasteiger partial charge is 0.228 e. The number of nitrogens with zero attached hydrogens (tertiary/aromatic N) is 1. The third-order valence-corrected chi connectivity index (χ3v) is 4.79. The molecule has 1 amide bonds. The second-order valence-electron chi connectivity index (χ2n) is 6.21. The number of hydrogen-bond donors (Lipinski definition) is 1. The van der Waals surface area contributed by atoms with Gasteiger partial charge in [-0.25, -0.2) is 0 Å². The lowest BCUT2D eigenvalue weighted by Crippen LogP contribution is -2.53. The highest BCUT2D eigenvalue weighted by atomic mass is 16.2. The molecule has 1 unspecified atom stereocenters. The fraction of sp³-hybridized carbons (Fsp3) is 0.933. The third kappa shape index (κ3) is 2.87. The van der Waals surface area contributed by atoms with Crippen molar-refractivity contribution in [3.63, 3.8) is 0 Å². The minimum absolute atomic E-state index is 0.0777. The summed E-state index contributed by atoms with van der Waals surface area (Å²) in [5.74, 6) is 0.415. The molecule has 2 rings (SSSR count). The zero-order valence-electron chi connectivity index (χ0n) is 12.0. The molecule has 1 aliphatic carbocycles. The number of nitrogens with one attached hydrogen (secondary N) is 1. The van der Waals surface area contributed by atoms with Crippen LogP contribution in [-0.2, 0) is 4.79 Å². The van der Waals surface area contributed by atoms with Crippen molar-refractivity contribution in [2.24, 2.45) is 5.41 Å². The summed E-state index contributed by atoms with van der Waals surface area (Å²) in [6.07, 6.45) is 8.30. The van der Waals surface area contributed by atoms with Gasteiger partial charge in [0.1, 0.15) is 0 Å². The fourth-order valence-electron chi connectivity index (χ4n) is 3.56. The molecule has 0 spiro atoms. The van der Waals surface area contributed by atoms with Crippen LogP contribution >= 0.6 is 0 Å². The Hall–Kier alpha value is -0.570. The average molecular weight is 252 g/mol. The van der Waals surface area contributed by atoms with E-state index in [1.165, 1.54) is 32.1 Å². The van der Waals surface area contributed by atoms with E-state index in [1.807, 2.05) is 0 Å². The van der Waals surface area contributed by atoms with Crippen LogP contribution < -0.4 is 5.32 Å². The molecule has 1 aliphatic heterocycles. The van der Waals surface area contributed by atoms with Gasteiger partial charge in [-0.1, -0.05) is 26.2 Å². The van der Waals surface area contributed by atoms with Crippen molar-refractivity contribution in [3.8, 4) is 0 Å². The monoisotopic (exact) mass is 252 g/mol. The first kappa shape index (κ1) is 13.9. The quantitative estimate of drug-likeness (QED) is 0.837. The van der Waals surface area contributed by atoms with Gasteiger partial charge in [0.15, 0.2) is 0 Å². The molecule has 3 nitrogen and oxygen atoms in total. The minimum Gasteiger partial charge on any atom is -0.338 e. The normalized spacial score (nSPS) is 27.8. The molecule has 0 bridgehead atoms. The number of piperidine rings is 1. The van der Waals surface area contributed by atoms with Crippen molar-refractivity contribution in [3.05, 3.63) is 0 Å². The molecule has 104 valence electrons. The average Bonchev–Trinajstić information content (AvgIpc) is 2.41. The molecule has 0 aromatic carbocycles. The van der Waals surface area contributed by atoms with Gasteiger partial charge in [0.2, 0.25) is 5.91 Å². The largest absolute Gasteiger partial charge is 0.338 e. The van der Waals surface area contributed by atoms with Crippen molar-refractivity contribution in [2.75, 3.05) is 19.6 Å². The Morgan fingerprint density at radius 3 is 2.56 bits per heavy atom. The van der Waals surface area contributed by atoms with Crippen molar-refractivity contribution in [2.45, 2.75) is 64.8 Å². The summed E-state index contributed by atoms with van der Waals surface area (Å²) in [4.78, 5) is 15.0. The van der Waals surface area contributed by atoms with Crippen LogP contribution in [0.4, 0.5) is 0 Å². The van der Waals surface area contributed by atoms with E-state index in [9.17, 15) is 4.79 Å². The molecular formula is C15H28N2O. The van der Waals surface area contributed by atoms with Gasteiger partial charge in [-0.3, -0.25) is 4.79 Å². The SMILES string of the molecule is CCN(C(=O)C1(C)CCCCC1)C1CCCNC1. The standard InChI is InChI=1S/C15H28N2O/c1-3-17(13-8-7-11-16-12-13)14(18)15(2)9-5-4-6-10-15/h13,16H,3-12H2,1-2H3. The van der Waals surface area contributed by atoms with E-state index in [0.717, 1.165) is 32.5 Å². The van der Waals surface area contributed by atoms with E-state index in [4.69, 9.17) is 0 Å². The molecule has 1 heterocycles. The number of carbonyl (C=O) groups is 1. The second kappa shape index (κ2) is 6.05. The van der Waals surface area contributed by atoms with Gasteiger partial charge in [0.25, 0.3) is 0 Å². The fourth-order valence-corrected chi connectivity index (χ4v) is 3.56. The van der Waals surface area contributed by atoms with Gasteiger partial charge < -0.3 is 10.2 Å². The number of amides is 1. The summed E-state index contributed by atoms with van der Waals surface area (Å²) >= 11 is 0. The van der Waals surface area contributed by atoms with Crippen LogP contribution in [-0.4, -0.2) is 36.5 Å². The molecule has 0 radical (unpaired) electrons. The van der Waals surface area contributed by atoms with Crippen molar-refractivity contribution >= 4 is 5.91 Å². The first-order valence-corrected chi connectivity index (χ1v) is 7.69.